The molecule has 0 aliphatic carbocycles. The molecule has 1 N–H and O–H groups in total. The van der Waals surface area contributed by atoms with E-state index in [1.54, 1.807) is 25.3 Å². The van der Waals surface area contributed by atoms with Crippen LogP contribution in [0.2, 0.25) is 0 Å². The summed E-state index contributed by atoms with van der Waals surface area (Å²) in [4.78, 5) is 4.60. The summed E-state index contributed by atoms with van der Waals surface area (Å²) in [5.41, 5.74) is 3.86. The first-order chi connectivity index (χ1) is 16.7. The van der Waals surface area contributed by atoms with E-state index in [0.717, 1.165) is 22.6 Å². The Morgan fingerprint density at radius 2 is 1.82 bits per heavy atom. The highest BCUT2D eigenvalue weighted by molar-refractivity contribution is 7.98. The number of para-hydroxylation sites is 1. The molecule has 0 bridgehead atoms. The molecule has 0 saturated heterocycles. The van der Waals surface area contributed by atoms with E-state index in [9.17, 15) is 4.39 Å². The van der Waals surface area contributed by atoms with Gasteiger partial charge in [-0.15, -0.1) is 10.2 Å². The second-order valence-electron chi connectivity index (χ2n) is 7.49. The lowest BCUT2D eigenvalue weighted by Gasteiger charge is -2.15. The SMILES string of the molecule is COc1ccc(/C=C/C2Nc3ccccc3-c3nnc(SCc4ccccc4F)nc3O2)cc1. The summed E-state index contributed by atoms with van der Waals surface area (Å²) in [6, 6.07) is 22.2. The number of benzene rings is 3. The molecular formula is C26H21FN4O2S. The quantitative estimate of drug-likeness (QED) is 0.355. The fraction of sp³-hybridized carbons (Fsp3) is 0.115. The molecule has 1 aromatic heterocycles. The maximum absolute atomic E-state index is 14.0. The van der Waals surface area contributed by atoms with Crippen LogP contribution in [0.25, 0.3) is 17.3 Å². The number of rotatable bonds is 6. The Labute approximate surface area is 200 Å². The van der Waals surface area contributed by atoms with Crippen molar-refractivity contribution >= 4 is 23.5 Å². The molecule has 4 aromatic rings. The Hall–Kier alpha value is -3.91. The summed E-state index contributed by atoms with van der Waals surface area (Å²) in [6.07, 6.45) is 3.40. The maximum Gasteiger partial charge on any atom is 0.247 e. The molecule has 0 radical (unpaired) electrons. The Bertz CT molecular complexity index is 1330. The van der Waals surface area contributed by atoms with Gasteiger partial charge in [-0.25, -0.2) is 4.39 Å². The number of nitrogens with zero attached hydrogens (tertiary/aromatic N) is 3. The molecule has 2 heterocycles. The average molecular weight is 473 g/mol. The molecule has 5 rings (SSSR count). The van der Waals surface area contributed by atoms with Crippen molar-refractivity contribution in [3.63, 3.8) is 0 Å². The zero-order valence-electron chi connectivity index (χ0n) is 18.3. The van der Waals surface area contributed by atoms with Crippen molar-refractivity contribution in [3.05, 3.63) is 95.8 Å². The third-order valence-electron chi connectivity index (χ3n) is 5.25. The highest BCUT2D eigenvalue weighted by Crippen LogP contribution is 2.36. The van der Waals surface area contributed by atoms with Crippen molar-refractivity contribution in [1.29, 1.82) is 0 Å². The van der Waals surface area contributed by atoms with E-state index in [2.05, 4.69) is 20.5 Å². The molecule has 1 atom stereocenters. The van der Waals surface area contributed by atoms with Crippen LogP contribution in [0.4, 0.5) is 10.1 Å². The van der Waals surface area contributed by atoms with Crippen molar-refractivity contribution in [1.82, 2.24) is 15.2 Å². The van der Waals surface area contributed by atoms with Gasteiger partial charge in [-0.1, -0.05) is 66.4 Å². The second kappa shape index (κ2) is 9.93. The molecule has 0 saturated carbocycles. The van der Waals surface area contributed by atoms with Gasteiger partial charge in [0, 0.05) is 17.0 Å². The van der Waals surface area contributed by atoms with Crippen molar-refractivity contribution < 1.29 is 13.9 Å². The van der Waals surface area contributed by atoms with Gasteiger partial charge < -0.3 is 14.8 Å². The molecule has 1 aliphatic heterocycles. The molecule has 34 heavy (non-hydrogen) atoms. The van der Waals surface area contributed by atoms with Crippen molar-refractivity contribution in [2.24, 2.45) is 0 Å². The van der Waals surface area contributed by atoms with Gasteiger partial charge in [0.25, 0.3) is 0 Å². The number of aromatic nitrogens is 3. The normalized spacial score (nSPS) is 14.5. The topological polar surface area (TPSA) is 69.2 Å². The number of thioether (sulfide) groups is 1. The predicted molar refractivity (Wildman–Crippen MR) is 131 cm³/mol. The Morgan fingerprint density at radius 3 is 2.65 bits per heavy atom. The highest BCUT2D eigenvalue weighted by atomic mass is 32.2. The summed E-state index contributed by atoms with van der Waals surface area (Å²) >= 11 is 1.31. The van der Waals surface area contributed by atoms with Crippen LogP contribution in [0.15, 0.2) is 84.0 Å². The maximum atomic E-state index is 14.0. The summed E-state index contributed by atoms with van der Waals surface area (Å²) < 4.78 is 25.4. The van der Waals surface area contributed by atoms with Gasteiger partial charge in [0.1, 0.15) is 11.6 Å². The number of methoxy groups -OCH3 is 1. The average Bonchev–Trinajstić information content (AvgIpc) is 3.03. The van der Waals surface area contributed by atoms with Gasteiger partial charge in [-0.05, 0) is 41.5 Å². The van der Waals surface area contributed by atoms with Gasteiger partial charge in [0.2, 0.25) is 11.0 Å². The molecule has 170 valence electrons. The molecule has 0 amide bonds. The van der Waals surface area contributed by atoms with E-state index < -0.39 is 6.23 Å². The molecule has 8 heteroatoms. The zero-order valence-corrected chi connectivity index (χ0v) is 19.1. The van der Waals surface area contributed by atoms with Gasteiger partial charge in [0.15, 0.2) is 11.9 Å². The molecule has 3 aromatic carbocycles. The third kappa shape index (κ3) is 4.87. The molecule has 6 nitrogen and oxygen atoms in total. The molecule has 0 spiro atoms. The van der Waals surface area contributed by atoms with E-state index in [4.69, 9.17) is 9.47 Å². The number of hydrogen-bond donors (Lipinski definition) is 1. The molecule has 1 unspecified atom stereocenters. The number of hydrogen-bond acceptors (Lipinski definition) is 7. The van der Waals surface area contributed by atoms with Crippen molar-refractivity contribution in [2.75, 3.05) is 12.4 Å². The number of ether oxygens (including phenoxy) is 2. The number of halogens is 1. The minimum absolute atomic E-state index is 0.254. The van der Waals surface area contributed by atoms with E-state index in [0.29, 0.717) is 28.0 Å². The van der Waals surface area contributed by atoms with Crippen LogP contribution in [-0.4, -0.2) is 28.5 Å². The monoisotopic (exact) mass is 472 g/mol. The summed E-state index contributed by atoms with van der Waals surface area (Å²) in [6.45, 7) is 0. The Morgan fingerprint density at radius 1 is 1.03 bits per heavy atom. The van der Waals surface area contributed by atoms with Crippen LogP contribution < -0.4 is 14.8 Å². The lowest BCUT2D eigenvalue weighted by atomic mass is 10.1. The van der Waals surface area contributed by atoms with Crippen LogP contribution in [0.1, 0.15) is 11.1 Å². The number of fused-ring (bicyclic) bond motifs is 3. The van der Waals surface area contributed by atoms with Gasteiger partial charge in [-0.2, -0.15) is 4.98 Å². The first-order valence-electron chi connectivity index (χ1n) is 10.7. The minimum atomic E-state index is -0.481. The van der Waals surface area contributed by atoms with Crippen LogP contribution in [-0.2, 0) is 5.75 Å². The lowest BCUT2D eigenvalue weighted by Crippen LogP contribution is -2.23. The van der Waals surface area contributed by atoms with Crippen LogP contribution >= 0.6 is 11.8 Å². The number of nitrogens with one attached hydrogen (secondary N) is 1. The van der Waals surface area contributed by atoms with E-state index in [1.165, 1.54) is 17.8 Å². The van der Waals surface area contributed by atoms with E-state index >= 15 is 0 Å². The largest absolute Gasteiger partial charge is 0.497 e. The molecular weight excluding hydrogens is 451 g/mol. The second-order valence-corrected chi connectivity index (χ2v) is 8.43. The summed E-state index contributed by atoms with van der Waals surface area (Å²) in [5, 5.41) is 12.5. The van der Waals surface area contributed by atoms with Crippen molar-refractivity contribution in [3.8, 4) is 22.9 Å². The van der Waals surface area contributed by atoms with E-state index in [-0.39, 0.29) is 5.82 Å². The van der Waals surface area contributed by atoms with E-state index in [1.807, 2.05) is 60.7 Å². The fourth-order valence-corrected chi connectivity index (χ4v) is 4.25. The standard InChI is InChI=1S/C26H21FN4O2S/c1-32-19-13-10-17(11-14-19)12-15-23-28-22-9-5-3-7-20(22)24-25(33-23)29-26(31-30-24)34-16-18-6-2-4-8-21(18)27/h2-15,23,28H,16H2,1H3/b15-12+. The van der Waals surface area contributed by atoms with Crippen LogP contribution in [0.5, 0.6) is 11.6 Å². The highest BCUT2D eigenvalue weighted by Gasteiger charge is 2.23. The fourth-order valence-electron chi connectivity index (χ4n) is 3.49. The van der Waals surface area contributed by atoms with Gasteiger partial charge >= 0.3 is 0 Å². The van der Waals surface area contributed by atoms with Crippen molar-refractivity contribution in [2.45, 2.75) is 17.1 Å². The van der Waals surface area contributed by atoms with Gasteiger partial charge in [0.05, 0.1) is 7.11 Å². The predicted octanol–water partition coefficient (Wildman–Crippen LogP) is 5.82. The van der Waals surface area contributed by atoms with Gasteiger partial charge in [-0.3, -0.25) is 0 Å². The minimum Gasteiger partial charge on any atom is -0.497 e. The third-order valence-corrected chi connectivity index (χ3v) is 6.13. The zero-order chi connectivity index (χ0) is 23.3. The van der Waals surface area contributed by atoms with Crippen LogP contribution in [0.3, 0.4) is 0 Å². The first-order valence-corrected chi connectivity index (χ1v) is 11.6. The smallest absolute Gasteiger partial charge is 0.247 e. The number of anilines is 1. The molecule has 0 fully saturated rings. The summed E-state index contributed by atoms with van der Waals surface area (Å²) in [7, 11) is 1.64. The molecule has 1 aliphatic rings. The Kier molecular flexibility index (Phi) is 6.40. The van der Waals surface area contributed by atoms with Crippen LogP contribution in [0, 0.1) is 5.82 Å². The first kappa shape index (κ1) is 21.9. The lowest BCUT2D eigenvalue weighted by molar-refractivity contribution is 0.266. The Balaban J connectivity index is 1.41. The summed E-state index contributed by atoms with van der Waals surface area (Å²) in [5.74, 6) is 1.30.